The summed E-state index contributed by atoms with van der Waals surface area (Å²) in [6.45, 7) is 8.81. The van der Waals surface area contributed by atoms with Crippen LogP contribution < -0.4 is 25.2 Å². The average molecular weight is 569 g/mol. The van der Waals surface area contributed by atoms with Crippen LogP contribution in [0, 0.1) is 0 Å². The molecule has 1 aromatic heterocycles. The molecular weight excluding hydrogens is 516 g/mol. The van der Waals surface area contributed by atoms with Crippen molar-refractivity contribution in [1.29, 1.82) is 0 Å². The predicted octanol–water partition coefficient (Wildman–Crippen LogP) is 9.84. The summed E-state index contributed by atoms with van der Waals surface area (Å²) in [6, 6.07) is 10.8. The highest BCUT2D eigenvalue weighted by molar-refractivity contribution is 7.22. The quantitative estimate of drug-likeness (QED) is 0.0985. The van der Waals surface area contributed by atoms with Crippen LogP contribution in [0.1, 0.15) is 103 Å². The molecule has 0 bridgehead atoms. The number of hydrazine groups is 1. The highest BCUT2D eigenvalue weighted by Gasteiger charge is 2.17. The number of ether oxygens (including phenoxy) is 2. The number of benzene rings is 2. The molecule has 2 N–H and O–H groups in total. The number of thiazole rings is 1. The number of aromatic nitrogens is 1. The Hall–Kier alpha value is -2.67. The van der Waals surface area contributed by atoms with Gasteiger partial charge in [-0.05, 0) is 43.4 Å². The standard InChI is InChI=1S/C33H52N4O2S/c1-6-9-12-13-14-15-18-26-19-20-27-32(23-26)40-33(34-27)36-35-28-24-31(39-5)29(25-30(28)38-4)37(21-16-10-7-2)22-17-11-8-3/h19-20,23-25,35H,6-18,21-22H2,1-5H3,(H,34,36). The minimum Gasteiger partial charge on any atom is -0.494 e. The van der Waals surface area contributed by atoms with Crippen LogP contribution in [0.25, 0.3) is 10.2 Å². The third kappa shape index (κ3) is 9.76. The summed E-state index contributed by atoms with van der Waals surface area (Å²) in [4.78, 5) is 7.25. The minimum absolute atomic E-state index is 0.779. The van der Waals surface area contributed by atoms with E-state index in [-0.39, 0.29) is 0 Å². The molecule has 2 aromatic carbocycles. The molecule has 0 spiro atoms. The lowest BCUT2D eigenvalue weighted by Gasteiger charge is -2.28. The molecule has 0 amide bonds. The van der Waals surface area contributed by atoms with E-state index in [2.05, 4.69) is 60.8 Å². The molecule has 0 aliphatic carbocycles. The normalized spacial score (nSPS) is 11.1. The van der Waals surface area contributed by atoms with Gasteiger partial charge in [0.25, 0.3) is 0 Å². The van der Waals surface area contributed by atoms with Gasteiger partial charge in [0.15, 0.2) is 0 Å². The Morgan fingerprint density at radius 1 is 0.725 bits per heavy atom. The van der Waals surface area contributed by atoms with Gasteiger partial charge in [-0.15, -0.1) is 0 Å². The third-order valence-electron chi connectivity index (χ3n) is 7.48. The summed E-state index contributed by atoms with van der Waals surface area (Å²) in [7, 11) is 3.47. The molecule has 0 saturated heterocycles. The largest absolute Gasteiger partial charge is 0.494 e. The smallest absolute Gasteiger partial charge is 0.202 e. The Labute approximate surface area is 246 Å². The zero-order valence-electron chi connectivity index (χ0n) is 25.6. The van der Waals surface area contributed by atoms with E-state index in [9.17, 15) is 0 Å². The molecule has 40 heavy (non-hydrogen) atoms. The second-order valence-corrected chi connectivity index (χ2v) is 11.7. The first-order valence-electron chi connectivity index (χ1n) is 15.6. The van der Waals surface area contributed by atoms with Gasteiger partial charge in [-0.3, -0.25) is 10.9 Å². The van der Waals surface area contributed by atoms with Crippen molar-refractivity contribution in [2.75, 3.05) is 43.1 Å². The fourth-order valence-electron chi connectivity index (χ4n) is 5.09. The fraction of sp³-hybridized carbons (Fsp3) is 0.606. The van der Waals surface area contributed by atoms with Crippen LogP contribution in [0.4, 0.5) is 16.5 Å². The molecule has 0 aliphatic rings. The van der Waals surface area contributed by atoms with Crippen molar-refractivity contribution in [1.82, 2.24) is 4.98 Å². The number of aryl methyl sites for hydroxylation is 1. The molecule has 3 rings (SSSR count). The number of hydrogen-bond donors (Lipinski definition) is 2. The van der Waals surface area contributed by atoms with E-state index in [1.165, 1.54) is 87.3 Å². The van der Waals surface area contributed by atoms with Gasteiger partial charge in [0, 0.05) is 25.2 Å². The van der Waals surface area contributed by atoms with Gasteiger partial charge in [-0.25, -0.2) is 4.98 Å². The van der Waals surface area contributed by atoms with Crippen molar-refractivity contribution >= 4 is 38.1 Å². The zero-order valence-corrected chi connectivity index (χ0v) is 26.4. The third-order valence-corrected chi connectivity index (χ3v) is 8.41. The molecular formula is C33H52N4O2S. The van der Waals surface area contributed by atoms with Crippen LogP contribution in [0.15, 0.2) is 30.3 Å². The van der Waals surface area contributed by atoms with Crippen molar-refractivity contribution in [3.05, 3.63) is 35.9 Å². The Morgan fingerprint density at radius 3 is 2.05 bits per heavy atom. The van der Waals surface area contributed by atoms with E-state index in [4.69, 9.17) is 14.5 Å². The van der Waals surface area contributed by atoms with Gasteiger partial charge in [-0.1, -0.05) is 96.0 Å². The maximum absolute atomic E-state index is 5.87. The van der Waals surface area contributed by atoms with Gasteiger partial charge in [0.2, 0.25) is 5.13 Å². The van der Waals surface area contributed by atoms with E-state index >= 15 is 0 Å². The summed E-state index contributed by atoms with van der Waals surface area (Å²) < 4.78 is 12.9. The molecule has 0 unspecified atom stereocenters. The topological polar surface area (TPSA) is 58.7 Å². The number of nitrogens with one attached hydrogen (secondary N) is 2. The van der Waals surface area contributed by atoms with E-state index in [1.54, 1.807) is 25.6 Å². The van der Waals surface area contributed by atoms with Gasteiger partial charge in [-0.2, -0.15) is 0 Å². The summed E-state index contributed by atoms with van der Waals surface area (Å²) in [5, 5.41) is 0.831. The van der Waals surface area contributed by atoms with Gasteiger partial charge < -0.3 is 14.4 Å². The van der Waals surface area contributed by atoms with E-state index in [0.717, 1.165) is 53.0 Å². The van der Waals surface area contributed by atoms with Crippen molar-refractivity contribution in [2.45, 2.75) is 104 Å². The van der Waals surface area contributed by atoms with E-state index in [0.29, 0.717) is 0 Å². The van der Waals surface area contributed by atoms with Crippen molar-refractivity contribution < 1.29 is 9.47 Å². The number of rotatable bonds is 21. The second-order valence-electron chi connectivity index (χ2n) is 10.7. The molecule has 6 nitrogen and oxygen atoms in total. The zero-order chi connectivity index (χ0) is 28.6. The highest BCUT2D eigenvalue weighted by Crippen LogP contribution is 2.39. The molecule has 222 valence electrons. The summed E-state index contributed by atoms with van der Waals surface area (Å²) in [6.07, 6.45) is 16.3. The van der Waals surface area contributed by atoms with Crippen LogP contribution >= 0.6 is 11.3 Å². The minimum atomic E-state index is 0.779. The first kappa shape index (κ1) is 31.9. The summed E-state index contributed by atoms with van der Waals surface area (Å²) >= 11 is 1.67. The Bertz CT molecular complexity index is 1120. The molecule has 0 radical (unpaired) electrons. The highest BCUT2D eigenvalue weighted by atomic mass is 32.1. The number of fused-ring (bicyclic) bond motifs is 1. The number of unbranched alkanes of at least 4 members (excludes halogenated alkanes) is 9. The van der Waals surface area contributed by atoms with E-state index in [1.807, 2.05) is 6.07 Å². The lowest BCUT2D eigenvalue weighted by Crippen LogP contribution is -2.26. The molecule has 7 heteroatoms. The van der Waals surface area contributed by atoms with Crippen molar-refractivity contribution in [3.63, 3.8) is 0 Å². The van der Waals surface area contributed by atoms with Gasteiger partial charge in [0.05, 0.1) is 35.8 Å². The van der Waals surface area contributed by atoms with Crippen LogP contribution in [-0.2, 0) is 6.42 Å². The van der Waals surface area contributed by atoms with Crippen molar-refractivity contribution in [2.24, 2.45) is 0 Å². The monoisotopic (exact) mass is 568 g/mol. The number of hydrogen-bond acceptors (Lipinski definition) is 7. The van der Waals surface area contributed by atoms with Gasteiger partial charge >= 0.3 is 0 Å². The molecule has 0 atom stereocenters. The lowest BCUT2D eigenvalue weighted by molar-refractivity contribution is 0.404. The maximum atomic E-state index is 5.87. The molecule has 0 fully saturated rings. The average Bonchev–Trinajstić information content (AvgIpc) is 3.39. The van der Waals surface area contributed by atoms with Gasteiger partial charge in [0.1, 0.15) is 11.5 Å². The Morgan fingerprint density at radius 2 is 1.38 bits per heavy atom. The SMILES string of the molecule is CCCCCCCCc1ccc2nc(NNc3cc(OC)c(N(CCCCC)CCCCC)cc3OC)sc2c1. The van der Waals surface area contributed by atoms with Crippen LogP contribution in [0.3, 0.4) is 0 Å². The van der Waals surface area contributed by atoms with Crippen molar-refractivity contribution in [3.8, 4) is 11.5 Å². The molecule has 0 saturated carbocycles. The van der Waals surface area contributed by atoms with Crippen LogP contribution in [0.5, 0.6) is 11.5 Å². The molecule has 3 aromatic rings. The summed E-state index contributed by atoms with van der Waals surface area (Å²) in [5.41, 5.74) is 11.0. The summed E-state index contributed by atoms with van der Waals surface area (Å²) in [5.74, 6) is 1.63. The lowest BCUT2D eigenvalue weighted by atomic mass is 10.0. The second kappa shape index (κ2) is 17.9. The van der Waals surface area contributed by atoms with Crippen LogP contribution in [-0.4, -0.2) is 32.3 Å². The number of nitrogens with zero attached hydrogens (tertiary/aromatic N) is 2. The predicted molar refractivity (Wildman–Crippen MR) is 175 cm³/mol. The Balaban J connectivity index is 1.68. The molecule has 0 aliphatic heterocycles. The fourth-order valence-corrected chi connectivity index (χ4v) is 5.98. The van der Waals surface area contributed by atoms with Crippen LogP contribution in [0.2, 0.25) is 0 Å². The Kier molecular flexibility index (Phi) is 14.3. The first-order chi connectivity index (χ1) is 19.6. The first-order valence-corrected chi connectivity index (χ1v) is 16.4. The molecule has 1 heterocycles. The maximum Gasteiger partial charge on any atom is 0.202 e. The number of methoxy groups -OCH3 is 2. The number of anilines is 3. The van der Waals surface area contributed by atoms with E-state index < -0.39 is 0 Å².